The van der Waals surface area contributed by atoms with Crippen LogP contribution in [0, 0.1) is 5.92 Å². The Kier molecular flexibility index (Phi) is 4.26. The van der Waals surface area contributed by atoms with E-state index in [2.05, 4.69) is 11.8 Å². The van der Waals surface area contributed by atoms with Gasteiger partial charge in [-0.3, -0.25) is 0 Å². The van der Waals surface area contributed by atoms with E-state index >= 15 is 0 Å². The van der Waals surface area contributed by atoms with Gasteiger partial charge in [0.15, 0.2) is 0 Å². The van der Waals surface area contributed by atoms with Gasteiger partial charge in [0.1, 0.15) is 0 Å². The van der Waals surface area contributed by atoms with Crippen molar-refractivity contribution in [2.45, 2.75) is 45.1 Å². The molecule has 2 aliphatic rings. The third-order valence-electron chi connectivity index (χ3n) is 3.89. The zero-order valence-electron chi connectivity index (χ0n) is 10.9. The molecule has 0 aromatic carbocycles. The lowest BCUT2D eigenvalue weighted by Crippen LogP contribution is -2.48. The first-order chi connectivity index (χ1) is 8.22. The van der Waals surface area contributed by atoms with Gasteiger partial charge in [-0.2, -0.15) is 0 Å². The number of hydrogen-bond donors (Lipinski definition) is 1. The van der Waals surface area contributed by atoms with E-state index in [0.29, 0.717) is 12.6 Å². The molecule has 0 atom stereocenters. The first kappa shape index (κ1) is 12.7. The predicted octanol–water partition coefficient (Wildman–Crippen LogP) is 1.65. The number of hydrogen-bond acceptors (Lipinski definition) is 2. The van der Waals surface area contributed by atoms with Crippen LogP contribution in [0.2, 0.25) is 0 Å². The van der Waals surface area contributed by atoms with Crippen LogP contribution < -0.4 is 5.73 Å². The smallest absolute Gasteiger partial charge is 0.320 e. The highest BCUT2D eigenvalue weighted by atomic mass is 16.2. The molecule has 1 saturated heterocycles. The second-order valence-corrected chi connectivity index (χ2v) is 5.52. The van der Waals surface area contributed by atoms with Gasteiger partial charge in [-0.05, 0) is 44.6 Å². The normalized spacial score (nSPS) is 21.6. The summed E-state index contributed by atoms with van der Waals surface area (Å²) in [5.74, 6) is 0.775. The third kappa shape index (κ3) is 3.35. The largest absolute Gasteiger partial charge is 0.330 e. The zero-order valence-corrected chi connectivity index (χ0v) is 10.9. The van der Waals surface area contributed by atoms with Crippen LogP contribution in [0.3, 0.4) is 0 Å². The van der Waals surface area contributed by atoms with Crippen molar-refractivity contribution in [3.8, 4) is 0 Å². The summed E-state index contributed by atoms with van der Waals surface area (Å²) in [6.07, 6.45) is 5.59. The van der Waals surface area contributed by atoms with Gasteiger partial charge >= 0.3 is 6.03 Å². The van der Waals surface area contributed by atoms with Gasteiger partial charge in [0, 0.05) is 25.7 Å². The molecule has 2 N–H and O–H groups in total. The van der Waals surface area contributed by atoms with E-state index in [9.17, 15) is 4.79 Å². The van der Waals surface area contributed by atoms with Crippen molar-refractivity contribution in [1.29, 1.82) is 0 Å². The van der Waals surface area contributed by atoms with E-state index in [0.717, 1.165) is 44.8 Å². The lowest BCUT2D eigenvalue weighted by Gasteiger charge is -2.35. The summed E-state index contributed by atoms with van der Waals surface area (Å²) in [5.41, 5.74) is 5.54. The van der Waals surface area contributed by atoms with Crippen molar-refractivity contribution in [2.75, 3.05) is 26.2 Å². The van der Waals surface area contributed by atoms with Crippen molar-refractivity contribution in [3.05, 3.63) is 0 Å². The van der Waals surface area contributed by atoms with E-state index in [1.807, 2.05) is 4.90 Å². The molecule has 0 spiro atoms. The van der Waals surface area contributed by atoms with Gasteiger partial charge in [0.25, 0.3) is 0 Å². The summed E-state index contributed by atoms with van der Waals surface area (Å²) in [6.45, 7) is 5.66. The minimum Gasteiger partial charge on any atom is -0.330 e. The minimum atomic E-state index is 0.257. The highest BCUT2D eigenvalue weighted by molar-refractivity contribution is 5.75. The van der Waals surface area contributed by atoms with Gasteiger partial charge in [-0.1, -0.05) is 6.92 Å². The molecular weight excluding hydrogens is 214 g/mol. The Balaban J connectivity index is 1.86. The predicted molar refractivity (Wildman–Crippen MR) is 68.8 cm³/mol. The van der Waals surface area contributed by atoms with Crippen LogP contribution in [0.15, 0.2) is 0 Å². The number of piperidine rings is 1. The van der Waals surface area contributed by atoms with Crippen molar-refractivity contribution in [3.63, 3.8) is 0 Å². The first-order valence-corrected chi connectivity index (χ1v) is 6.98. The second-order valence-electron chi connectivity index (χ2n) is 5.52. The summed E-state index contributed by atoms with van der Waals surface area (Å²) in [5, 5.41) is 0. The van der Waals surface area contributed by atoms with E-state index in [-0.39, 0.29) is 6.03 Å². The first-order valence-electron chi connectivity index (χ1n) is 6.98. The molecule has 4 heteroatoms. The number of amides is 2. The fraction of sp³-hybridized carbons (Fsp3) is 0.923. The maximum Gasteiger partial charge on any atom is 0.320 e. The lowest BCUT2D eigenvalue weighted by molar-refractivity contribution is 0.132. The highest BCUT2D eigenvalue weighted by Crippen LogP contribution is 2.29. The Bertz CT molecular complexity index is 257. The topological polar surface area (TPSA) is 49.6 Å². The molecule has 17 heavy (non-hydrogen) atoms. The number of rotatable bonds is 4. The molecule has 0 bridgehead atoms. The Morgan fingerprint density at radius 1 is 1.29 bits per heavy atom. The van der Waals surface area contributed by atoms with Crippen LogP contribution in [-0.2, 0) is 0 Å². The molecule has 2 amide bonds. The van der Waals surface area contributed by atoms with Crippen LogP contribution in [0.4, 0.5) is 4.79 Å². The molecule has 1 saturated carbocycles. The average Bonchev–Trinajstić information content (AvgIpc) is 3.14. The summed E-state index contributed by atoms with van der Waals surface area (Å²) in [6, 6.07) is 0.765. The van der Waals surface area contributed by atoms with Crippen LogP contribution in [0.5, 0.6) is 0 Å². The van der Waals surface area contributed by atoms with Gasteiger partial charge in [0.2, 0.25) is 0 Å². The maximum atomic E-state index is 12.4. The summed E-state index contributed by atoms with van der Waals surface area (Å²) in [7, 11) is 0. The fourth-order valence-corrected chi connectivity index (χ4v) is 2.46. The zero-order chi connectivity index (χ0) is 12.3. The molecule has 1 aliphatic heterocycles. The molecule has 98 valence electrons. The van der Waals surface area contributed by atoms with Gasteiger partial charge in [-0.15, -0.1) is 0 Å². The average molecular weight is 239 g/mol. The van der Waals surface area contributed by atoms with Crippen molar-refractivity contribution in [2.24, 2.45) is 11.7 Å². The molecule has 1 heterocycles. The quantitative estimate of drug-likeness (QED) is 0.811. The Labute approximate surface area is 104 Å². The molecule has 2 rings (SSSR count). The summed E-state index contributed by atoms with van der Waals surface area (Å²) >= 11 is 0. The van der Waals surface area contributed by atoms with Crippen molar-refractivity contribution in [1.82, 2.24) is 9.80 Å². The minimum absolute atomic E-state index is 0.257. The van der Waals surface area contributed by atoms with Gasteiger partial charge < -0.3 is 15.5 Å². The molecule has 0 aromatic rings. The van der Waals surface area contributed by atoms with Crippen LogP contribution in [0.1, 0.15) is 39.0 Å². The maximum absolute atomic E-state index is 12.4. The standard InChI is InChI=1S/C13H25N3O/c1-11-5-9-15(10-6-11)13(17)16(8-2-7-14)12-3-4-12/h11-12H,2-10,14H2,1H3. The highest BCUT2D eigenvalue weighted by Gasteiger charge is 2.35. The number of urea groups is 1. The third-order valence-corrected chi connectivity index (χ3v) is 3.89. The van der Waals surface area contributed by atoms with Gasteiger partial charge in [-0.25, -0.2) is 4.79 Å². The Morgan fingerprint density at radius 3 is 2.47 bits per heavy atom. The monoisotopic (exact) mass is 239 g/mol. The van der Waals surface area contributed by atoms with Crippen LogP contribution in [0.25, 0.3) is 0 Å². The fourth-order valence-electron chi connectivity index (χ4n) is 2.46. The Hall–Kier alpha value is -0.770. The van der Waals surface area contributed by atoms with Gasteiger partial charge in [0.05, 0.1) is 0 Å². The number of carbonyl (C=O) groups is 1. The molecule has 0 radical (unpaired) electrons. The van der Waals surface area contributed by atoms with E-state index in [1.165, 1.54) is 12.8 Å². The van der Waals surface area contributed by atoms with E-state index < -0.39 is 0 Å². The van der Waals surface area contributed by atoms with Crippen molar-refractivity contribution < 1.29 is 4.79 Å². The summed E-state index contributed by atoms with van der Waals surface area (Å²) in [4.78, 5) is 16.5. The number of likely N-dealkylation sites (tertiary alicyclic amines) is 1. The summed E-state index contributed by atoms with van der Waals surface area (Å²) < 4.78 is 0. The lowest BCUT2D eigenvalue weighted by atomic mass is 9.99. The molecule has 1 aliphatic carbocycles. The molecule has 0 unspecified atom stereocenters. The number of nitrogens with two attached hydrogens (primary N) is 1. The molecule has 2 fully saturated rings. The molecule has 0 aromatic heterocycles. The number of nitrogens with zero attached hydrogens (tertiary/aromatic N) is 2. The van der Waals surface area contributed by atoms with E-state index in [4.69, 9.17) is 5.73 Å². The van der Waals surface area contributed by atoms with Crippen LogP contribution >= 0.6 is 0 Å². The van der Waals surface area contributed by atoms with Crippen LogP contribution in [-0.4, -0.2) is 48.1 Å². The molecule has 4 nitrogen and oxygen atoms in total. The SMILES string of the molecule is CC1CCN(C(=O)N(CCCN)C2CC2)CC1. The number of carbonyl (C=O) groups excluding carboxylic acids is 1. The molecular formula is C13H25N3O. The van der Waals surface area contributed by atoms with Crippen molar-refractivity contribution >= 4 is 6.03 Å². The second kappa shape index (κ2) is 5.71. The Morgan fingerprint density at radius 2 is 1.94 bits per heavy atom. The van der Waals surface area contributed by atoms with E-state index in [1.54, 1.807) is 0 Å².